The zero-order chi connectivity index (χ0) is 15.3. The van der Waals surface area contributed by atoms with Crippen LogP contribution in [0.2, 0.25) is 0 Å². The van der Waals surface area contributed by atoms with E-state index in [0.29, 0.717) is 19.0 Å². The molecule has 0 saturated heterocycles. The van der Waals surface area contributed by atoms with Crippen molar-refractivity contribution >= 4 is 15.7 Å². The summed E-state index contributed by atoms with van der Waals surface area (Å²) in [7, 11) is 0.360. The minimum absolute atomic E-state index is 0.144. The summed E-state index contributed by atoms with van der Waals surface area (Å²) >= 11 is 0. The van der Waals surface area contributed by atoms with Crippen LogP contribution >= 0.6 is 0 Å². The molecule has 0 aromatic heterocycles. The van der Waals surface area contributed by atoms with Crippen molar-refractivity contribution in [3.05, 3.63) is 24.3 Å². The van der Waals surface area contributed by atoms with E-state index in [2.05, 4.69) is 4.72 Å². The van der Waals surface area contributed by atoms with Gasteiger partial charge in [0.25, 0.3) is 0 Å². The molecule has 5 nitrogen and oxygen atoms in total. The van der Waals surface area contributed by atoms with Crippen LogP contribution in [0.5, 0.6) is 0 Å². The van der Waals surface area contributed by atoms with Crippen LogP contribution in [0.15, 0.2) is 29.2 Å². The van der Waals surface area contributed by atoms with E-state index in [4.69, 9.17) is 5.73 Å². The third kappa shape index (κ3) is 4.47. The predicted octanol–water partition coefficient (Wildman–Crippen LogP) is 1.26. The van der Waals surface area contributed by atoms with Gasteiger partial charge in [0.2, 0.25) is 10.0 Å². The molecule has 1 aromatic carbocycles. The lowest BCUT2D eigenvalue weighted by Gasteiger charge is -2.19. The second kappa shape index (κ2) is 7.06. The molecule has 20 heavy (non-hydrogen) atoms. The average molecular weight is 299 g/mol. The Balaban J connectivity index is 2.78. The highest BCUT2D eigenvalue weighted by atomic mass is 32.2. The summed E-state index contributed by atoms with van der Waals surface area (Å²) in [6.45, 7) is 4.92. The summed E-state index contributed by atoms with van der Waals surface area (Å²) in [6.07, 6.45) is 0. The van der Waals surface area contributed by atoms with Crippen LogP contribution in [0.1, 0.15) is 13.8 Å². The third-order valence-electron chi connectivity index (χ3n) is 3.44. The zero-order valence-electron chi connectivity index (χ0n) is 12.6. The van der Waals surface area contributed by atoms with Gasteiger partial charge in [0, 0.05) is 26.3 Å². The molecule has 0 bridgehead atoms. The van der Waals surface area contributed by atoms with E-state index in [-0.39, 0.29) is 10.8 Å². The van der Waals surface area contributed by atoms with Crippen molar-refractivity contribution in [3.8, 4) is 0 Å². The van der Waals surface area contributed by atoms with E-state index in [9.17, 15) is 8.42 Å². The second-order valence-electron chi connectivity index (χ2n) is 5.48. The lowest BCUT2D eigenvalue weighted by Crippen LogP contribution is -2.35. The number of nitrogens with one attached hydrogen (secondary N) is 1. The minimum Gasteiger partial charge on any atom is -0.378 e. The number of rotatable bonds is 7. The molecule has 6 heteroatoms. The van der Waals surface area contributed by atoms with Crippen molar-refractivity contribution in [2.24, 2.45) is 17.6 Å². The van der Waals surface area contributed by atoms with Crippen LogP contribution in [0.25, 0.3) is 0 Å². The van der Waals surface area contributed by atoms with E-state index in [1.807, 2.05) is 32.8 Å². The van der Waals surface area contributed by atoms with Crippen molar-refractivity contribution in [2.45, 2.75) is 18.7 Å². The van der Waals surface area contributed by atoms with Gasteiger partial charge in [-0.1, -0.05) is 13.8 Å². The van der Waals surface area contributed by atoms with E-state index >= 15 is 0 Å². The van der Waals surface area contributed by atoms with Crippen LogP contribution in [-0.4, -0.2) is 35.6 Å². The second-order valence-corrected chi connectivity index (χ2v) is 7.25. The number of benzene rings is 1. The molecule has 1 rings (SSSR count). The van der Waals surface area contributed by atoms with E-state index < -0.39 is 10.0 Å². The molecular formula is C14H25N3O2S. The van der Waals surface area contributed by atoms with Gasteiger partial charge in [-0.2, -0.15) is 0 Å². The van der Waals surface area contributed by atoms with Crippen LogP contribution in [0, 0.1) is 11.8 Å². The first-order valence-electron chi connectivity index (χ1n) is 6.75. The fraction of sp³-hybridized carbons (Fsp3) is 0.571. The molecule has 0 radical (unpaired) electrons. The lowest BCUT2D eigenvalue weighted by molar-refractivity contribution is 0.391. The molecule has 0 saturated carbocycles. The smallest absolute Gasteiger partial charge is 0.240 e. The topological polar surface area (TPSA) is 75.4 Å². The predicted molar refractivity (Wildman–Crippen MR) is 83.3 cm³/mol. The number of hydrogen-bond donors (Lipinski definition) is 2. The molecule has 0 spiro atoms. The number of anilines is 1. The number of nitrogens with two attached hydrogens (primary N) is 1. The minimum atomic E-state index is -3.47. The van der Waals surface area contributed by atoms with Gasteiger partial charge in [0.1, 0.15) is 0 Å². The summed E-state index contributed by atoms with van der Waals surface area (Å²) in [6, 6.07) is 6.81. The van der Waals surface area contributed by atoms with Gasteiger partial charge in [0.05, 0.1) is 4.90 Å². The first-order valence-corrected chi connectivity index (χ1v) is 8.23. The first-order chi connectivity index (χ1) is 9.27. The molecule has 0 aliphatic rings. The lowest BCUT2D eigenvalue weighted by atomic mass is 9.97. The monoisotopic (exact) mass is 299 g/mol. The SMILES string of the molecule is CC(C)[C@H](CN)CNS(=O)(=O)c1ccc(N(C)C)cc1. The molecule has 0 unspecified atom stereocenters. The maximum Gasteiger partial charge on any atom is 0.240 e. The Kier molecular flexibility index (Phi) is 5.98. The summed E-state index contributed by atoms with van der Waals surface area (Å²) in [4.78, 5) is 2.20. The largest absolute Gasteiger partial charge is 0.378 e. The molecule has 0 heterocycles. The van der Waals surface area contributed by atoms with Gasteiger partial charge < -0.3 is 10.6 Å². The van der Waals surface area contributed by atoms with Gasteiger partial charge in [-0.05, 0) is 42.6 Å². The van der Waals surface area contributed by atoms with Gasteiger partial charge in [-0.25, -0.2) is 13.1 Å². The highest BCUT2D eigenvalue weighted by molar-refractivity contribution is 7.89. The van der Waals surface area contributed by atoms with E-state index in [0.717, 1.165) is 5.69 Å². The third-order valence-corrected chi connectivity index (χ3v) is 4.88. The average Bonchev–Trinajstić information content (AvgIpc) is 2.39. The number of hydrogen-bond acceptors (Lipinski definition) is 4. The van der Waals surface area contributed by atoms with Crippen molar-refractivity contribution in [1.82, 2.24) is 4.72 Å². The van der Waals surface area contributed by atoms with Gasteiger partial charge in [0.15, 0.2) is 0 Å². The van der Waals surface area contributed by atoms with Crippen molar-refractivity contribution in [1.29, 1.82) is 0 Å². The van der Waals surface area contributed by atoms with Crippen LogP contribution in [0.3, 0.4) is 0 Å². The molecule has 0 fully saturated rings. The molecule has 1 aromatic rings. The Morgan fingerprint density at radius 3 is 2.15 bits per heavy atom. The normalized spacial score (nSPS) is 13.5. The summed E-state index contributed by atoms with van der Waals surface area (Å²) in [5.41, 5.74) is 6.62. The van der Waals surface area contributed by atoms with Gasteiger partial charge in [-0.3, -0.25) is 0 Å². The van der Waals surface area contributed by atoms with E-state index in [1.165, 1.54) is 0 Å². The molecule has 0 amide bonds. The highest BCUT2D eigenvalue weighted by Crippen LogP contribution is 2.16. The number of sulfonamides is 1. The quantitative estimate of drug-likeness (QED) is 0.795. The Hall–Kier alpha value is -1.11. The Morgan fingerprint density at radius 2 is 1.75 bits per heavy atom. The maximum absolute atomic E-state index is 12.2. The van der Waals surface area contributed by atoms with Crippen LogP contribution in [-0.2, 0) is 10.0 Å². The van der Waals surface area contributed by atoms with Crippen molar-refractivity contribution < 1.29 is 8.42 Å². The summed E-state index contributed by atoms with van der Waals surface area (Å²) < 4.78 is 27.0. The molecule has 1 atom stereocenters. The van der Waals surface area contributed by atoms with Crippen LogP contribution in [0.4, 0.5) is 5.69 Å². The summed E-state index contributed by atoms with van der Waals surface area (Å²) in [5.74, 6) is 0.490. The fourth-order valence-electron chi connectivity index (χ4n) is 1.81. The van der Waals surface area contributed by atoms with Gasteiger partial charge in [-0.15, -0.1) is 0 Å². The fourth-order valence-corrected chi connectivity index (χ4v) is 2.91. The Morgan fingerprint density at radius 1 is 1.20 bits per heavy atom. The Labute approximate surface area is 122 Å². The van der Waals surface area contributed by atoms with Crippen LogP contribution < -0.4 is 15.4 Å². The van der Waals surface area contributed by atoms with E-state index in [1.54, 1.807) is 24.3 Å². The zero-order valence-corrected chi connectivity index (χ0v) is 13.4. The molecule has 0 aliphatic carbocycles. The maximum atomic E-state index is 12.2. The molecule has 0 aliphatic heterocycles. The Bertz CT molecular complexity index is 510. The first kappa shape index (κ1) is 16.9. The molecule has 3 N–H and O–H groups in total. The van der Waals surface area contributed by atoms with Gasteiger partial charge >= 0.3 is 0 Å². The number of nitrogens with zero attached hydrogens (tertiary/aromatic N) is 1. The molecule has 114 valence electrons. The standard InChI is InChI=1S/C14H25N3O2S/c1-11(2)12(9-15)10-16-20(18,19)14-7-5-13(6-8-14)17(3)4/h5-8,11-12,16H,9-10,15H2,1-4H3/t12-/m1/s1. The highest BCUT2D eigenvalue weighted by Gasteiger charge is 2.18. The summed E-state index contributed by atoms with van der Waals surface area (Å²) in [5, 5.41) is 0. The van der Waals surface area contributed by atoms with Crippen molar-refractivity contribution in [2.75, 3.05) is 32.1 Å². The molecular weight excluding hydrogens is 274 g/mol. The van der Waals surface area contributed by atoms with Crippen molar-refractivity contribution in [3.63, 3.8) is 0 Å².